The van der Waals surface area contributed by atoms with Gasteiger partial charge in [-0.1, -0.05) is 6.92 Å². The maximum absolute atomic E-state index is 4.01. The summed E-state index contributed by atoms with van der Waals surface area (Å²) in [6, 6.07) is 1.96. The summed E-state index contributed by atoms with van der Waals surface area (Å²) in [5, 5.41) is 0. The van der Waals surface area contributed by atoms with Crippen molar-refractivity contribution in [1.29, 1.82) is 0 Å². The van der Waals surface area contributed by atoms with Gasteiger partial charge in [-0.25, -0.2) is 0 Å². The van der Waals surface area contributed by atoms with E-state index in [9.17, 15) is 0 Å². The molecule has 0 N–H and O–H groups in total. The molecule has 0 aliphatic heterocycles. The van der Waals surface area contributed by atoms with Gasteiger partial charge >= 0.3 is 0 Å². The van der Waals surface area contributed by atoms with Crippen LogP contribution in [0.1, 0.15) is 6.92 Å². The van der Waals surface area contributed by atoms with Crippen molar-refractivity contribution in [2.24, 2.45) is 0 Å². The number of pyridine rings is 1. The lowest BCUT2D eigenvalue weighted by Crippen LogP contribution is -1.77. The van der Waals surface area contributed by atoms with Crippen molar-refractivity contribution in [1.82, 2.24) is 4.98 Å². The lowest BCUT2D eigenvalue weighted by Gasteiger charge is -1.98. The molecule has 1 aromatic heterocycles. The van der Waals surface area contributed by atoms with Crippen LogP contribution >= 0.6 is 27.7 Å². The number of nitrogens with zero attached hydrogens (tertiary/aromatic N) is 1. The molecule has 10 heavy (non-hydrogen) atoms. The molecule has 1 aromatic rings. The number of hydrogen-bond acceptors (Lipinski definition) is 2. The van der Waals surface area contributed by atoms with E-state index in [1.807, 2.05) is 12.3 Å². The largest absolute Gasteiger partial charge is 0.263 e. The minimum Gasteiger partial charge on any atom is -0.263 e. The summed E-state index contributed by atoms with van der Waals surface area (Å²) in [6.45, 7) is 2.13. The first-order valence-corrected chi connectivity index (χ1v) is 4.84. The van der Waals surface area contributed by atoms with Gasteiger partial charge in [0.25, 0.3) is 0 Å². The number of halogens is 1. The van der Waals surface area contributed by atoms with Crippen LogP contribution in [0.25, 0.3) is 0 Å². The third kappa shape index (κ3) is 1.99. The summed E-state index contributed by atoms with van der Waals surface area (Å²) in [6.07, 6.45) is 3.65. The molecule has 0 unspecified atom stereocenters. The Morgan fingerprint density at radius 2 is 2.50 bits per heavy atom. The predicted octanol–water partition coefficient (Wildman–Crippen LogP) is 2.96. The van der Waals surface area contributed by atoms with Crippen LogP contribution in [0.3, 0.4) is 0 Å². The van der Waals surface area contributed by atoms with Crippen molar-refractivity contribution in [2.75, 3.05) is 5.75 Å². The lowest BCUT2D eigenvalue weighted by molar-refractivity contribution is 1.21. The van der Waals surface area contributed by atoms with Gasteiger partial charge in [0.15, 0.2) is 0 Å². The van der Waals surface area contributed by atoms with Crippen LogP contribution in [-0.4, -0.2) is 10.7 Å². The first-order chi connectivity index (χ1) is 4.84. The molecule has 0 aliphatic carbocycles. The Hall–Kier alpha value is -0.0200. The van der Waals surface area contributed by atoms with E-state index in [-0.39, 0.29) is 0 Å². The van der Waals surface area contributed by atoms with Gasteiger partial charge in [0.2, 0.25) is 0 Å². The summed E-state index contributed by atoms with van der Waals surface area (Å²) in [7, 11) is 0. The van der Waals surface area contributed by atoms with E-state index in [4.69, 9.17) is 0 Å². The molecule has 0 radical (unpaired) electrons. The Morgan fingerprint density at radius 1 is 1.70 bits per heavy atom. The summed E-state index contributed by atoms with van der Waals surface area (Å²) in [5.41, 5.74) is 0. The van der Waals surface area contributed by atoms with Gasteiger partial charge in [-0.15, -0.1) is 11.8 Å². The topological polar surface area (TPSA) is 12.9 Å². The highest BCUT2D eigenvalue weighted by Crippen LogP contribution is 2.25. The van der Waals surface area contributed by atoms with Crippen molar-refractivity contribution in [3.63, 3.8) is 0 Å². The monoisotopic (exact) mass is 217 g/mol. The number of hydrogen-bond donors (Lipinski definition) is 0. The molecule has 54 valence electrons. The molecule has 1 heterocycles. The van der Waals surface area contributed by atoms with E-state index in [0.717, 1.165) is 10.2 Å². The minimum absolute atomic E-state index is 1.09. The van der Waals surface area contributed by atoms with Gasteiger partial charge in [-0.2, -0.15) is 0 Å². The first kappa shape index (κ1) is 8.08. The maximum atomic E-state index is 4.01. The van der Waals surface area contributed by atoms with E-state index in [1.54, 1.807) is 18.0 Å². The zero-order valence-electron chi connectivity index (χ0n) is 5.67. The Kier molecular flexibility index (Phi) is 3.22. The highest BCUT2D eigenvalue weighted by Gasteiger charge is 1.95. The molecule has 0 fully saturated rings. The van der Waals surface area contributed by atoms with Crippen LogP contribution < -0.4 is 0 Å². The van der Waals surface area contributed by atoms with E-state index in [2.05, 4.69) is 27.8 Å². The molecule has 0 amide bonds. The Labute approximate surface area is 73.4 Å². The molecule has 0 atom stereocenters. The fourth-order valence-electron chi connectivity index (χ4n) is 0.625. The zero-order valence-corrected chi connectivity index (χ0v) is 8.08. The number of rotatable bonds is 2. The Morgan fingerprint density at radius 3 is 3.10 bits per heavy atom. The van der Waals surface area contributed by atoms with E-state index < -0.39 is 0 Å². The maximum Gasteiger partial charge on any atom is 0.0415 e. The van der Waals surface area contributed by atoms with E-state index in [1.165, 1.54) is 4.90 Å². The average molecular weight is 218 g/mol. The highest BCUT2D eigenvalue weighted by molar-refractivity contribution is 9.10. The van der Waals surface area contributed by atoms with Gasteiger partial charge in [0.05, 0.1) is 0 Å². The third-order valence-corrected chi connectivity index (χ3v) is 2.91. The van der Waals surface area contributed by atoms with Crippen LogP contribution in [0.4, 0.5) is 0 Å². The SMILES string of the molecule is CCSc1cnccc1Br. The Bertz CT molecular complexity index is 215. The zero-order chi connectivity index (χ0) is 7.40. The molecular weight excluding hydrogens is 210 g/mol. The second kappa shape index (κ2) is 3.98. The van der Waals surface area contributed by atoms with Gasteiger partial charge in [-0.3, -0.25) is 4.98 Å². The number of thioether (sulfide) groups is 1. The van der Waals surface area contributed by atoms with Crippen molar-refractivity contribution in [3.05, 3.63) is 22.9 Å². The van der Waals surface area contributed by atoms with Crippen molar-refractivity contribution < 1.29 is 0 Å². The molecule has 0 spiro atoms. The molecule has 0 saturated carbocycles. The molecule has 0 aromatic carbocycles. The average Bonchev–Trinajstić information content (AvgIpc) is 1.94. The van der Waals surface area contributed by atoms with Crippen LogP contribution in [0.15, 0.2) is 27.8 Å². The van der Waals surface area contributed by atoms with Crippen molar-refractivity contribution >= 4 is 27.7 Å². The van der Waals surface area contributed by atoms with Gasteiger partial charge < -0.3 is 0 Å². The van der Waals surface area contributed by atoms with Crippen LogP contribution in [0.5, 0.6) is 0 Å². The lowest BCUT2D eigenvalue weighted by atomic mass is 10.5. The molecule has 3 heteroatoms. The quantitative estimate of drug-likeness (QED) is 0.708. The first-order valence-electron chi connectivity index (χ1n) is 3.07. The second-order valence-electron chi connectivity index (χ2n) is 1.74. The van der Waals surface area contributed by atoms with Gasteiger partial charge in [-0.05, 0) is 27.7 Å². The van der Waals surface area contributed by atoms with Crippen LogP contribution in [-0.2, 0) is 0 Å². The molecule has 0 aliphatic rings. The minimum atomic E-state index is 1.09. The molecule has 1 rings (SSSR count). The Balaban J connectivity index is 2.81. The smallest absolute Gasteiger partial charge is 0.0415 e. The molecule has 0 saturated heterocycles. The third-order valence-electron chi connectivity index (χ3n) is 1.03. The second-order valence-corrected chi connectivity index (χ2v) is 3.90. The fraction of sp³-hybridized carbons (Fsp3) is 0.286. The van der Waals surface area contributed by atoms with Gasteiger partial charge in [0, 0.05) is 21.8 Å². The van der Waals surface area contributed by atoms with Crippen LogP contribution in [0, 0.1) is 0 Å². The van der Waals surface area contributed by atoms with E-state index in [0.29, 0.717) is 0 Å². The van der Waals surface area contributed by atoms with Crippen molar-refractivity contribution in [2.45, 2.75) is 11.8 Å². The van der Waals surface area contributed by atoms with Gasteiger partial charge in [0.1, 0.15) is 0 Å². The van der Waals surface area contributed by atoms with Crippen LogP contribution in [0.2, 0.25) is 0 Å². The summed E-state index contributed by atoms with van der Waals surface area (Å²) in [4.78, 5) is 5.23. The number of aromatic nitrogens is 1. The summed E-state index contributed by atoms with van der Waals surface area (Å²) < 4.78 is 1.13. The summed E-state index contributed by atoms with van der Waals surface area (Å²) in [5.74, 6) is 1.09. The van der Waals surface area contributed by atoms with E-state index >= 15 is 0 Å². The fourth-order valence-corrected chi connectivity index (χ4v) is 1.84. The highest BCUT2D eigenvalue weighted by atomic mass is 79.9. The normalized spacial score (nSPS) is 9.80. The standard InChI is InChI=1S/C7H8BrNS/c1-2-10-7-5-9-4-3-6(7)8/h3-5H,2H2,1H3. The molecular formula is C7H8BrNS. The molecule has 0 bridgehead atoms. The predicted molar refractivity (Wildman–Crippen MR) is 48.3 cm³/mol. The van der Waals surface area contributed by atoms with Crippen molar-refractivity contribution in [3.8, 4) is 0 Å². The summed E-state index contributed by atoms with van der Waals surface area (Å²) >= 11 is 5.23. The molecule has 1 nitrogen and oxygen atoms in total.